The molecule has 0 unspecified atom stereocenters. The lowest BCUT2D eigenvalue weighted by molar-refractivity contribution is -0.149. The van der Waals surface area contributed by atoms with Crippen molar-refractivity contribution in [2.45, 2.75) is 103 Å². The molecule has 18 heteroatoms. The average molecular weight is 939 g/mol. The zero-order valence-corrected chi connectivity index (χ0v) is 38.8. The van der Waals surface area contributed by atoms with Gasteiger partial charge < -0.3 is 41.2 Å². The summed E-state index contributed by atoms with van der Waals surface area (Å²) >= 11 is 1.58. The van der Waals surface area contributed by atoms with E-state index < -0.39 is 46.5 Å². The zero-order valence-electron chi connectivity index (χ0n) is 38.0. The van der Waals surface area contributed by atoms with Crippen molar-refractivity contribution in [1.29, 1.82) is 0 Å². The summed E-state index contributed by atoms with van der Waals surface area (Å²) in [5, 5.41) is 22.9. The van der Waals surface area contributed by atoms with Crippen LogP contribution in [0.2, 0.25) is 0 Å². The fourth-order valence-electron chi connectivity index (χ4n) is 8.51. The smallest absolute Gasteiger partial charge is 0.268 e. The predicted molar refractivity (Wildman–Crippen MR) is 249 cm³/mol. The van der Waals surface area contributed by atoms with Gasteiger partial charge in [-0.25, -0.2) is 13.8 Å². The van der Waals surface area contributed by atoms with E-state index in [9.17, 15) is 42.7 Å². The Morgan fingerprint density at radius 1 is 0.910 bits per heavy atom. The Labute approximate surface area is 391 Å². The standard InChI is InChI=1S/C49H56F2N8O7S/c1-29-41(67-28-55-29)32-13-11-30(12-14-32)26-53-44(62)39-9-8-19-59(39)45(63)42(48(2,3)4)57-40(60)10-6-5-7-18-52-43(61)38-24-33-23-36(15-16-37(33)56-38)58-20-17-49(66,47(58)65)46(64)54-27-31-21-34(50)25-35(51)22-31/h11-16,21-25,28,39,42,56,66H,5-10,17-20,26-27H2,1-4H3,(H,52,61)(H,53,62)(H,54,64)(H,57,60)/t39-,42+,49+/m0/s1. The van der Waals surface area contributed by atoms with Crippen molar-refractivity contribution in [3.8, 4) is 10.4 Å². The van der Waals surface area contributed by atoms with Gasteiger partial charge in [0.15, 0.2) is 0 Å². The van der Waals surface area contributed by atoms with Gasteiger partial charge >= 0.3 is 0 Å². The van der Waals surface area contributed by atoms with E-state index in [1.54, 1.807) is 40.5 Å². The van der Waals surface area contributed by atoms with Crippen LogP contribution in [0.5, 0.6) is 0 Å². The molecule has 2 saturated heterocycles. The lowest BCUT2D eigenvalue weighted by Crippen LogP contribution is -2.57. The summed E-state index contributed by atoms with van der Waals surface area (Å²) in [6.07, 6.45) is 2.95. The molecule has 2 aliphatic rings. The maximum Gasteiger partial charge on any atom is 0.268 e. The van der Waals surface area contributed by atoms with E-state index in [0.29, 0.717) is 74.4 Å². The summed E-state index contributed by atoms with van der Waals surface area (Å²) in [6.45, 7) is 8.46. The first-order chi connectivity index (χ1) is 31.9. The molecule has 2 aliphatic heterocycles. The number of rotatable bonds is 17. The third-order valence-electron chi connectivity index (χ3n) is 12.3. The largest absolute Gasteiger partial charge is 0.372 e. The van der Waals surface area contributed by atoms with Crippen molar-refractivity contribution in [2.24, 2.45) is 5.41 Å². The number of aromatic amines is 1. The number of H-pyrrole nitrogens is 1. The van der Waals surface area contributed by atoms with Gasteiger partial charge in [0.05, 0.1) is 16.1 Å². The molecule has 2 aromatic heterocycles. The molecule has 3 aromatic carbocycles. The van der Waals surface area contributed by atoms with Crippen molar-refractivity contribution < 1.29 is 42.7 Å². The van der Waals surface area contributed by atoms with Crippen LogP contribution in [-0.4, -0.2) is 92.7 Å². The Morgan fingerprint density at radius 3 is 2.34 bits per heavy atom. The fourth-order valence-corrected chi connectivity index (χ4v) is 9.32. The summed E-state index contributed by atoms with van der Waals surface area (Å²) < 4.78 is 27.2. The van der Waals surface area contributed by atoms with Gasteiger partial charge in [-0.3, -0.25) is 28.8 Å². The Balaban J connectivity index is 0.834. The molecule has 3 atom stereocenters. The number of hydrogen-bond acceptors (Lipinski definition) is 9. The van der Waals surface area contributed by atoms with Gasteiger partial charge in [0, 0.05) is 68.2 Å². The first kappa shape index (κ1) is 48.4. The highest BCUT2D eigenvalue weighted by atomic mass is 32.1. The zero-order chi connectivity index (χ0) is 48.0. The van der Waals surface area contributed by atoms with Crippen LogP contribution in [-0.2, 0) is 37.1 Å². The van der Waals surface area contributed by atoms with E-state index in [-0.39, 0.29) is 60.8 Å². The second kappa shape index (κ2) is 20.5. The molecular formula is C49H56F2N8O7S. The van der Waals surface area contributed by atoms with E-state index in [2.05, 4.69) is 31.2 Å². The number of unbranched alkanes of at least 4 members (excludes halogenated alkanes) is 2. The number of carbonyl (C=O) groups excluding carboxylic acids is 6. The number of aliphatic hydroxyl groups is 1. The van der Waals surface area contributed by atoms with Crippen LogP contribution in [0.1, 0.15) is 93.0 Å². The normalized spacial score (nSPS) is 17.7. The summed E-state index contributed by atoms with van der Waals surface area (Å²) in [7, 11) is 0. The lowest BCUT2D eigenvalue weighted by Gasteiger charge is -2.35. The third kappa shape index (κ3) is 11.4. The molecule has 4 heterocycles. The molecule has 0 spiro atoms. The van der Waals surface area contributed by atoms with E-state index >= 15 is 0 Å². The number of carbonyl (C=O) groups is 6. The second-order valence-electron chi connectivity index (χ2n) is 18.3. The molecule has 0 bridgehead atoms. The van der Waals surface area contributed by atoms with Crippen molar-refractivity contribution >= 4 is 63.4 Å². The molecule has 2 fully saturated rings. The molecule has 354 valence electrons. The Bertz CT molecular complexity index is 2640. The third-order valence-corrected chi connectivity index (χ3v) is 13.2. The van der Waals surface area contributed by atoms with E-state index in [1.165, 1.54) is 4.90 Å². The Morgan fingerprint density at radius 2 is 1.64 bits per heavy atom. The molecule has 0 saturated carbocycles. The van der Waals surface area contributed by atoms with Crippen LogP contribution >= 0.6 is 11.3 Å². The van der Waals surface area contributed by atoms with Gasteiger partial charge in [0.2, 0.25) is 23.3 Å². The summed E-state index contributed by atoms with van der Waals surface area (Å²) in [4.78, 5) is 91.2. The molecule has 67 heavy (non-hydrogen) atoms. The number of amides is 6. The summed E-state index contributed by atoms with van der Waals surface area (Å²) in [5.74, 6) is -4.61. The maximum atomic E-state index is 14.0. The maximum absolute atomic E-state index is 14.0. The molecule has 0 aliphatic carbocycles. The van der Waals surface area contributed by atoms with E-state index in [4.69, 9.17) is 0 Å². The lowest BCUT2D eigenvalue weighted by atomic mass is 9.85. The number of nitrogens with one attached hydrogen (secondary N) is 5. The van der Waals surface area contributed by atoms with Crippen LogP contribution in [0.15, 0.2) is 72.2 Å². The van der Waals surface area contributed by atoms with E-state index in [1.807, 2.05) is 57.5 Å². The van der Waals surface area contributed by atoms with Crippen LogP contribution in [0.3, 0.4) is 0 Å². The molecule has 15 nitrogen and oxygen atoms in total. The number of anilines is 1. The number of nitrogens with zero attached hydrogens (tertiary/aromatic N) is 3. The molecular weight excluding hydrogens is 883 g/mol. The highest BCUT2D eigenvalue weighted by Crippen LogP contribution is 2.32. The van der Waals surface area contributed by atoms with Crippen LogP contribution in [0.4, 0.5) is 14.5 Å². The first-order valence-corrected chi connectivity index (χ1v) is 23.3. The van der Waals surface area contributed by atoms with Crippen LogP contribution < -0.4 is 26.2 Å². The SMILES string of the molecule is Cc1ncsc1-c1ccc(CNC(=O)[C@@H]2CCCN2C(=O)[C@@H](NC(=O)CCCCCNC(=O)c2cc3cc(N4CC[C@@](O)(C(=O)NCc5cc(F)cc(F)c5)C4=O)ccc3[nH]2)C(C)(C)C)cc1. The van der Waals surface area contributed by atoms with Crippen molar-refractivity contribution in [3.63, 3.8) is 0 Å². The molecule has 6 amide bonds. The molecule has 5 aromatic rings. The molecule has 0 radical (unpaired) electrons. The van der Waals surface area contributed by atoms with Gasteiger partial charge in [-0.15, -0.1) is 11.3 Å². The highest BCUT2D eigenvalue weighted by Gasteiger charge is 2.51. The number of fused-ring (bicyclic) bond motifs is 1. The quantitative estimate of drug-likeness (QED) is 0.0496. The second-order valence-corrected chi connectivity index (χ2v) is 19.1. The van der Waals surface area contributed by atoms with Gasteiger partial charge in [-0.2, -0.15) is 0 Å². The topological polar surface area (TPSA) is 206 Å². The van der Waals surface area contributed by atoms with Gasteiger partial charge in [0.1, 0.15) is 29.4 Å². The molecule has 6 N–H and O–H groups in total. The minimum atomic E-state index is -2.38. The minimum absolute atomic E-state index is 0.0312. The van der Waals surface area contributed by atoms with Crippen LogP contribution in [0, 0.1) is 24.0 Å². The van der Waals surface area contributed by atoms with Crippen molar-refractivity contribution in [3.05, 3.63) is 106 Å². The molecule has 7 rings (SSSR count). The average Bonchev–Trinajstić information content (AvgIpc) is 4.11. The van der Waals surface area contributed by atoms with Gasteiger partial charge in [-0.1, -0.05) is 51.5 Å². The fraction of sp³-hybridized carbons (Fsp3) is 0.408. The van der Waals surface area contributed by atoms with Crippen LogP contribution in [0.25, 0.3) is 21.3 Å². The number of aryl methyl sites for hydroxylation is 1. The first-order valence-electron chi connectivity index (χ1n) is 22.5. The minimum Gasteiger partial charge on any atom is -0.372 e. The number of thiazole rings is 1. The van der Waals surface area contributed by atoms with Crippen molar-refractivity contribution in [1.82, 2.24) is 36.1 Å². The summed E-state index contributed by atoms with van der Waals surface area (Å²) in [5.41, 5.74) is 3.24. The predicted octanol–water partition coefficient (Wildman–Crippen LogP) is 5.79. The monoisotopic (exact) mass is 938 g/mol. The van der Waals surface area contributed by atoms with Gasteiger partial charge in [0.25, 0.3) is 17.7 Å². The van der Waals surface area contributed by atoms with Crippen molar-refractivity contribution in [2.75, 3.05) is 24.5 Å². The number of hydrogen-bond donors (Lipinski definition) is 6. The Hall–Kier alpha value is -6.53. The van der Waals surface area contributed by atoms with E-state index in [0.717, 1.165) is 33.8 Å². The number of likely N-dealkylation sites (tertiary alicyclic amines) is 1. The highest BCUT2D eigenvalue weighted by molar-refractivity contribution is 7.13. The Kier molecular flexibility index (Phi) is 14.8. The summed E-state index contributed by atoms with van der Waals surface area (Å²) in [6, 6.07) is 15.9. The van der Waals surface area contributed by atoms with Gasteiger partial charge in [-0.05, 0) is 91.1 Å². The number of aromatic nitrogens is 2. The number of halogens is 2. The number of benzene rings is 3.